The monoisotopic (exact) mass is 496 g/mol. The van der Waals surface area contributed by atoms with Crippen molar-refractivity contribution in [2.75, 3.05) is 32.8 Å². The second-order valence-electron chi connectivity index (χ2n) is 6.91. The van der Waals surface area contributed by atoms with E-state index in [1.165, 1.54) is 0 Å². The zero-order valence-electron chi connectivity index (χ0n) is 17.1. The molecule has 0 unspecified atom stereocenters. The van der Waals surface area contributed by atoms with E-state index in [1.54, 1.807) is 23.1 Å². The van der Waals surface area contributed by atoms with Gasteiger partial charge >= 0.3 is 0 Å². The third-order valence-electron chi connectivity index (χ3n) is 4.79. The summed E-state index contributed by atoms with van der Waals surface area (Å²) in [4.78, 5) is 40.7. The van der Waals surface area contributed by atoms with E-state index < -0.39 is 11.1 Å². The minimum Gasteiger partial charge on any atom is -0.490 e. The summed E-state index contributed by atoms with van der Waals surface area (Å²) < 4.78 is 12.0. The van der Waals surface area contributed by atoms with E-state index in [0.29, 0.717) is 47.8 Å². The van der Waals surface area contributed by atoms with Gasteiger partial charge in [0.25, 0.3) is 11.1 Å². The molecular formula is C21H25BrN2O5S. The van der Waals surface area contributed by atoms with E-state index in [1.807, 2.05) is 13.8 Å². The minimum atomic E-state index is -0.446. The van der Waals surface area contributed by atoms with Gasteiger partial charge in [-0.15, -0.1) is 0 Å². The van der Waals surface area contributed by atoms with E-state index in [-0.39, 0.29) is 17.4 Å². The summed E-state index contributed by atoms with van der Waals surface area (Å²) in [6.45, 7) is 5.88. The van der Waals surface area contributed by atoms with Gasteiger partial charge in [0.15, 0.2) is 11.5 Å². The number of likely N-dealkylation sites (tertiary alicyclic amines) is 1. The van der Waals surface area contributed by atoms with Crippen molar-refractivity contribution >= 4 is 50.8 Å². The van der Waals surface area contributed by atoms with Crippen LogP contribution in [0.5, 0.6) is 11.5 Å². The number of carbonyl (C=O) groups is 3. The number of amides is 3. The van der Waals surface area contributed by atoms with E-state index in [2.05, 4.69) is 15.9 Å². The van der Waals surface area contributed by atoms with Crippen LogP contribution in [0.1, 0.15) is 38.7 Å². The molecule has 3 amide bonds. The number of halogens is 1. The summed E-state index contributed by atoms with van der Waals surface area (Å²) in [5, 5.41) is -0.424. The summed E-state index contributed by atoms with van der Waals surface area (Å²) in [6, 6.07) is 3.58. The fraction of sp³-hybridized carbons (Fsp3) is 0.476. The first kappa shape index (κ1) is 22.7. The van der Waals surface area contributed by atoms with Gasteiger partial charge in [-0.25, -0.2) is 0 Å². The molecule has 9 heteroatoms. The molecule has 0 atom stereocenters. The molecule has 162 valence electrons. The molecular weight excluding hydrogens is 472 g/mol. The maximum atomic E-state index is 12.8. The van der Waals surface area contributed by atoms with Crippen LogP contribution in [-0.2, 0) is 9.59 Å². The first-order valence-electron chi connectivity index (χ1n) is 10.1. The van der Waals surface area contributed by atoms with Crippen LogP contribution in [-0.4, -0.2) is 59.7 Å². The van der Waals surface area contributed by atoms with Crippen LogP contribution in [0, 0.1) is 0 Å². The van der Waals surface area contributed by atoms with Crippen LogP contribution < -0.4 is 9.47 Å². The van der Waals surface area contributed by atoms with Gasteiger partial charge in [0.05, 0.1) is 22.6 Å². The molecule has 2 fully saturated rings. The summed E-state index contributed by atoms with van der Waals surface area (Å²) >= 11 is 4.33. The van der Waals surface area contributed by atoms with Crippen molar-refractivity contribution in [1.82, 2.24) is 9.80 Å². The number of piperidine rings is 1. The lowest BCUT2D eigenvalue weighted by atomic mass is 10.1. The number of hydrogen-bond donors (Lipinski definition) is 0. The average molecular weight is 497 g/mol. The van der Waals surface area contributed by atoms with Gasteiger partial charge in [0, 0.05) is 13.1 Å². The molecule has 0 bridgehead atoms. The number of nitrogens with zero attached hydrogens (tertiary/aromatic N) is 2. The predicted molar refractivity (Wildman–Crippen MR) is 120 cm³/mol. The molecule has 0 spiro atoms. The first-order chi connectivity index (χ1) is 14.4. The quantitative estimate of drug-likeness (QED) is 0.523. The fourth-order valence-electron chi connectivity index (χ4n) is 3.38. The number of imide groups is 1. The van der Waals surface area contributed by atoms with Crippen molar-refractivity contribution in [1.29, 1.82) is 0 Å². The minimum absolute atomic E-state index is 0.180. The van der Waals surface area contributed by atoms with Crippen molar-refractivity contribution in [3.05, 3.63) is 27.1 Å². The Balaban J connectivity index is 1.78. The largest absolute Gasteiger partial charge is 0.490 e. The topological polar surface area (TPSA) is 76.2 Å². The zero-order chi connectivity index (χ0) is 21.7. The Morgan fingerprint density at radius 2 is 1.83 bits per heavy atom. The Bertz CT molecular complexity index is 867. The maximum absolute atomic E-state index is 12.8. The molecule has 7 nitrogen and oxygen atoms in total. The lowest BCUT2D eigenvalue weighted by Gasteiger charge is -2.27. The highest BCUT2D eigenvalue weighted by molar-refractivity contribution is 9.10. The lowest BCUT2D eigenvalue weighted by Crippen LogP contribution is -2.44. The number of benzene rings is 1. The number of rotatable bonds is 7. The van der Waals surface area contributed by atoms with Crippen molar-refractivity contribution in [3.63, 3.8) is 0 Å². The van der Waals surface area contributed by atoms with Gasteiger partial charge in [-0.05, 0) is 84.6 Å². The molecule has 0 aliphatic carbocycles. The number of thioether (sulfide) groups is 1. The van der Waals surface area contributed by atoms with Crippen LogP contribution in [0.25, 0.3) is 6.08 Å². The second kappa shape index (κ2) is 10.3. The van der Waals surface area contributed by atoms with Crippen LogP contribution in [0.4, 0.5) is 4.79 Å². The van der Waals surface area contributed by atoms with Crippen molar-refractivity contribution in [2.45, 2.75) is 33.1 Å². The molecule has 2 saturated heterocycles. The van der Waals surface area contributed by atoms with Crippen LogP contribution in [0.15, 0.2) is 21.5 Å². The Morgan fingerprint density at radius 3 is 2.50 bits per heavy atom. The second-order valence-corrected chi connectivity index (χ2v) is 8.75. The van der Waals surface area contributed by atoms with E-state index in [9.17, 15) is 14.4 Å². The van der Waals surface area contributed by atoms with Gasteiger partial charge in [-0.1, -0.05) is 0 Å². The van der Waals surface area contributed by atoms with Gasteiger partial charge in [0.1, 0.15) is 6.54 Å². The number of carbonyl (C=O) groups excluding carboxylic acids is 3. The Hall–Kier alpha value is -2.00. The smallest absolute Gasteiger partial charge is 0.294 e. The molecule has 0 saturated carbocycles. The van der Waals surface area contributed by atoms with Gasteiger partial charge in [-0.2, -0.15) is 0 Å². The molecule has 2 heterocycles. The maximum Gasteiger partial charge on any atom is 0.294 e. The SMILES string of the molecule is CCOc1cc(/C=C2/SC(=O)N(CC(=O)N3CCCCC3)C2=O)cc(Br)c1OCC. The number of ether oxygens (including phenoxy) is 2. The summed E-state index contributed by atoms with van der Waals surface area (Å²) in [5.41, 5.74) is 0.696. The van der Waals surface area contributed by atoms with Crippen molar-refractivity contribution in [3.8, 4) is 11.5 Å². The average Bonchev–Trinajstić information content (AvgIpc) is 2.98. The fourth-order valence-corrected chi connectivity index (χ4v) is 4.80. The normalized spacial score (nSPS) is 18.3. The number of hydrogen-bond acceptors (Lipinski definition) is 6. The molecule has 0 aromatic heterocycles. The summed E-state index contributed by atoms with van der Waals surface area (Å²) in [5.74, 6) is 0.523. The highest BCUT2D eigenvalue weighted by Gasteiger charge is 2.37. The molecule has 30 heavy (non-hydrogen) atoms. The Morgan fingerprint density at radius 1 is 1.13 bits per heavy atom. The molecule has 1 aromatic rings. The van der Waals surface area contributed by atoms with Gasteiger partial charge in [-0.3, -0.25) is 19.3 Å². The summed E-state index contributed by atoms with van der Waals surface area (Å²) in [6.07, 6.45) is 4.67. The third-order valence-corrected chi connectivity index (χ3v) is 6.29. The first-order valence-corrected chi connectivity index (χ1v) is 11.7. The third kappa shape index (κ3) is 5.18. The lowest BCUT2D eigenvalue weighted by molar-refractivity contribution is -0.136. The van der Waals surface area contributed by atoms with Crippen molar-refractivity contribution < 1.29 is 23.9 Å². The molecule has 2 aliphatic heterocycles. The highest BCUT2D eigenvalue weighted by atomic mass is 79.9. The highest BCUT2D eigenvalue weighted by Crippen LogP contribution is 2.39. The zero-order valence-corrected chi connectivity index (χ0v) is 19.5. The van der Waals surface area contributed by atoms with Crippen LogP contribution in [0.2, 0.25) is 0 Å². The van der Waals surface area contributed by atoms with Crippen molar-refractivity contribution in [2.24, 2.45) is 0 Å². The molecule has 0 radical (unpaired) electrons. The molecule has 3 rings (SSSR count). The van der Waals surface area contributed by atoms with Gasteiger partial charge in [0.2, 0.25) is 5.91 Å². The molecule has 0 N–H and O–H groups in total. The molecule has 1 aromatic carbocycles. The van der Waals surface area contributed by atoms with Gasteiger partial charge < -0.3 is 14.4 Å². The standard InChI is InChI=1S/C21H25BrN2O5S/c1-3-28-16-11-14(10-15(22)19(16)29-4-2)12-17-20(26)24(21(27)30-17)13-18(25)23-8-6-5-7-9-23/h10-12H,3-9,13H2,1-2H3/b17-12+. The van der Waals surface area contributed by atoms with E-state index in [0.717, 1.165) is 35.9 Å². The van der Waals surface area contributed by atoms with Crippen LogP contribution >= 0.6 is 27.7 Å². The van der Waals surface area contributed by atoms with E-state index in [4.69, 9.17) is 9.47 Å². The molecule has 2 aliphatic rings. The van der Waals surface area contributed by atoms with Crippen LogP contribution in [0.3, 0.4) is 0 Å². The Labute approximate surface area is 188 Å². The summed E-state index contributed by atoms with van der Waals surface area (Å²) in [7, 11) is 0. The van der Waals surface area contributed by atoms with E-state index >= 15 is 0 Å². The Kier molecular flexibility index (Phi) is 7.82. The predicted octanol–water partition coefficient (Wildman–Crippen LogP) is 4.30.